The highest BCUT2D eigenvalue weighted by molar-refractivity contribution is 6.32. The summed E-state index contributed by atoms with van der Waals surface area (Å²) >= 11 is 0. The third-order valence-electron chi connectivity index (χ3n) is 6.97. The number of halogens is 1. The van der Waals surface area contributed by atoms with Gasteiger partial charge in [-0.1, -0.05) is 18.2 Å². The summed E-state index contributed by atoms with van der Waals surface area (Å²) in [5.74, 6) is -0.623. The van der Waals surface area contributed by atoms with E-state index in [1.807, 2.05) is 41.1 Å². The maximum Gasteiger partial charge on any atom is 0.280 e. The quantitative estimate of drug-likeness (QED) is 0.318. The van der Waals surface area contributed by atoms with Crippen LogP contribution in [-0.4, -0.2) is 78.2 Å². The van der Waals surface area contributed by atoms with E-state index < -0.39 is 6.10 Å². The zero-order valence-corrected chi connectivity index (χ0v) is 21.6. The number of para-hydroxylation sites is 1. The summed E-state index contributed by atoms with van der Waals surface area (Å²) in [6, 6.07) is 13.7. The van der Waals surface area contributed by atoms with Crippen LogP contribution in [0.3, 0.4) is 0 Å². The van der Waals surface area contributed by atoms with Crippen LogP contribution in [-0.2, 0) is 16.1 Å². The van der Waals surface area contributed by atoms with Crippen LogP contribution in [0.25, 0.3) is 17.0 Å². The molecule has 2 aliphatic rings. The Morgan fingerprint density at radius 2 is 1.92 bits per heavy atom. The lowest BCUT2D eigenvalue weighted by atomic mass is 10.1. The molecule has 0 radical (unpaired) electrons. The number of fused-ring (bicyclic) bond motifs is 1. The predicted octanol–water partition coefficient (Wildman–Crippen LogP) is 3.26. The number of rotatable bonds is 10. The molecule has 1 aromatic heterocycles. The molecule has 9 heteroatoms. The summed E-state index contributed by atoms with van der Waals surface area (Å²) in [7, 11) is 0. The van der Waals surface area contributed by atoms with E-state index in [1.54, 1.807) is 6.92 Å². The second-order valence-corrected chi connectivity index (χ2v) is 9.76. The number of morpholine rings is 1. The fourth-order valence-electron chi connectivity index (χ4n) is 4.95. The Kier molecular flexibility index (Phi) is 8.29. The average Bonchev–Trinajstić information content (AvgIpc) is 3.41. The number of anilines is 1. The van der Waals surface area contributed by atoms with Gasteiger partial charge in [0.2, 0.25) is 0 Å². The van der Waals surface area contributed by atoms with Crippen molar-refractivity contribution in [3.05, 3.63) is 71.7 Å². The van der Waals surface area contributed by atoms with Gasteiger partial charge in [-0.25, -0.2) is 4.39 Å². The van der Waals surface area contributed by atoms with Gasteiger partial charge in [-0.3, -0.25) is 9.69 Å². The average molecular weight is 520 g/mol. The lowest BCUT2D eigenvalue weighted by Gasteiger charge is -2.26. The van der Waals surface area contributed by atoms with Crippen molar-refractivity contribution in [2.24, 2.45) is 5.10 Å². The number of hydrazone groups is 1. The lowest BCUT2D eigenvalue weighted by Crippen LogP contribution is -2.38. The molecule has 3 heterocycles. The molecule has 5 rings (SSSR count). The Hall–Kier alpha value is -3.37. The number of aliphatic hydroxyl groups is 1. The summed E-state index contributed by atoms with van der Waals surface area (Å²) in [6.07, 6.45) is 4.29. The number of nitrogens with one attached hydrogen (secondary N) is 1. The Bertz CT molecular complexity index is 1330. The Morgan fingerprint density at radius 1 is 1.16 bits per heavy atom. The van der Waals surface area contributed by atoms with Gasteiger partial charge in [-0.2, -0.15) is 10.1 Å². The number of carbonyl (C=O) groups is 1. The van der Waals surface area contributed by atoms with Gasteiger partial charge in [-0.15, -0.1) is 0 Å². The van der Waals surface area contributed by atoms with Crippen LogP contribution < -0.4 is 10.3 Å². The van der Waals surface area contributed by atoms with Gasteiger partial charge >= 0.3 is 0 Å². The molecule has 0 aliphatic carbocycles. The summed E-state index contributed by atoms with van der Waals surface area (Å²) in [5, 5.41) is 20.8. The SMILES string of the molecule is CC1=NN(c2ccc(F)cc2)C(=O)/C1=C/c1cn(CC(O)CNCCCN2CCOCC2)c2ccccc12. The van der Waals surface area contributed by atoms with Gasteiger partial charge in [-0.05, 0) is 62.8 Å². The Labute approximate surface area is 222 Å². The van der Waals surface area contributed by atoms with Crippen LogP contribution in [0, 0.1) is 5.82 Å². The molecular weight excluding hydrogens is 485 g/mol. The van der Waals surface area contributed by atoms with Crippen molar-refractivity contribution < 1.29 is 19.0 Å². The highest BCUT2D eigenvalue weighted by Gasteiger charge is 2.29. The minimum absolute atomic E-state index is 0.257. The second-order valence-electron chi connectivity index (χ2n) is 9.76. The van der Waals surface area contributed by atoms with E-state index in [9.17, 15) is 14.3 Å². The molecule has 1 saturated heterocycles. The van der Waals surface area contributed by atoms with E-state index in [2.05, 4.69) is 15.3 Å². The van der Waals surface area contributed by atoms with E-state index in [4.69, 9.17) is 4.74 Å². The van der Waals surface area contributed by atoms with Crippen LogP contribution >= 0.6 is 0 Å². The summed E-state index contributed by atoms with van der Waals surface area (Å²) in [4.78, 5) is 15.6. The number of benzene rings is 2. The molecule has 0 spiro atoms. The third-order valence-corrected chi connectivity index (χ3v) is 6.97. The van der Waals surface area contributed by atoms with Crippen molar-refractivity contribution in [3.63, 3.8) is 0 Å². The van der Waals surface area contributed by atoms with Gasteiger partial charge in [0.25, 0.3) is 5.91 Å². The van der Waals surface area contributed by atoms with Crippen LogP contribution in [0.1, 0.15) is 18.9 Å². The molecule has 200 valence electrons. The van der Waals surface area contributed by atoms with Crippen molar-refractivity contribution in [1.82, 2.24) is 14.8 Å². The minimum atomic E-state index is -0.555. The molecule has 2 aromatic carbocycles. The summed E-state index contributed by atoms with van der Waals surface area (Å²) in [6.45, 7) is 8.21. The van der Waals surface area contributed by atoms with Crippen LogP contribution in [0.5, 0.6) is 0 Å². The molecule has 0 bridgehead atoms. The van der Waals surface area contributed by atoms with E-state index in [-0.39, 0.29) is 11.7 Å². The van der Waals surface area contributed by atoms with Crippen molar-refractivity contribution in [2.45, 2.75) is 26.0 Å². The summed E-state index contributed by atoms with van der Waals surface area (Å²) < 4.78 is 20.8. The molecule has 2 N–H and O–H groups in total. The molecule has 2 aliphatic heterocycles. The summed E-state index contributed by atoms with van der Waals surface area (Å²) in [5.41, 5.74) is 3.46. The lowest BCUT2D eigenvalue weighted by molar-refractivity contribution is -0.114. The van der Waals surface area contributed by atoms with Gasteiger partial charge < -0.3 is 19.7 Å². The zero-order chi connectivity index (χ0) is 26.5. The van der Waals surface area contributed by atoms with Gasteiger partial charge in [0.1, 0.15) is 5.82 Å². The number of aliphatic hydroxyl groups excluding tert-OH is 1. The van der Waals surface area contributed by atoms with Crippen LogP contribution in [0.4, 0.5) is 10.1 Å². The number of carbonyl (C=O) groups excluding carboxylic acids is 1. The van der Waals surface area contributed by atoms with Gasteiger partial charge in [0.05, 0.1) is 36.3 Å². The molecule has 3 aromatic rings. The fourth-order valence-corrected chi connectivity index (χ4v) is 4.95. The minimum Gasteiger partial charge on any atom is -0.390 e. The number of nitrogens with zero attached hydrogens (tertiary/aromatic N) is 4. The molecular formula is C29H34FN5O3. The fraction of sp³-hybridized carbons (Fsp3) is 0.379. The smallest absolute Gasteiger partial charge is 0.280 e. The van der Waals surface area contributed by atoms with Gasteiger partial charge in [0.15, 0.2) is 0 Å². The topological polar surface area (TPSA) is 82.3 Å². The first-order chi connectivity index (χ1) is 18.5. The Balaban J connectivity index is 1.24. The van der Waals surface area contributed by atoms with E-state index in [0.29, 0.717) is 30.1 Å². The van der Waals surface area contributed by atoms with E-state index in [0.717, 1.165) is 62.3 Å². The maximum absolute atomic E-state index is 13.3. The standard InChI is InChI=1S/C29H34FN5O3/c1-21-27(29(37)35(32-21)24-9-7-23(30)8-10-24)17-22-19-34(28-6-3-2-5-26(22)28)20-25(36)18-31-11-4-12-33-13-15-38-16-14-33/h2-3,5-10,17,19,25,31,36H,4,11-16,18,20H2,1H3/b27-17+. The Morgan fingerprint density at radius 3 is 2.71 bits per heavy atom. The molecule has 1 amide bonds. The van der Waals surface area contributed by atoms with Crippen LogP contribution in [0.15, 0.2) is 65.4 Å². The largest absolute Gasteiger partial charge is 0.390 e. The first-order valence-electron chi connectivity index (χ1n) is 13.1. The number of aromatic nitrogens is 1. The maximum atomic E-state index is 13.3. The molecule has 1 atom stereocenters. The monoisotopic (exact) mass is 519 g/mol. The molecule has 38 heavy (non-hydrogen) atoms. The zero-order valence-electron chi connectivity index (χ0n) is 21.6. The number of ether oxygens (including phenoxy) is 1. The number of hydrogen-bond acceptors (Lipinski definition) is 6. The highest BCUT2D eigenvalue weighted by atomic mass is 19.1. The predicted molar refractivity (Wildman–Crippen MR) is 148 cm³/mol. The molecule has 8 nitrogen and oxygen atoms in total. The normalized spacial score (nSPS) is 18.5. The third kappa shape index (κ3) is 6.02. The molecule has 0 saturated carbocycles. The molecule has 1 unspecified atom stereocenters. The van der Waals surface area contributed by atoms with E-state index in [1.165, 1.54) is 29.3 Å². The molecule has 1 fully saturated rings. The van der Waals surface area contributed by atoms with E-state index >= 15 is 0 Å². The van der Waals surface area contributed by atoms with Crippen molar-refractivity contribution in [3.8, 4) is 0 Å². The first-order valence-corrected chi connectivity index (χ1v) is 13.1. The van der Waals surface area contributed by atoms with Gasteiger partial charge in [0, 0.05) is 48.8 Å². The van der Waals surface area contributed by atoms with Crippen LogP contribution in [0.2, 0.25) is 0 Å². The highest BCUT2D eigenvalue weighted by Crippen LogP contribution is 2.28. The number of amides is 1. The van der Waals surface area contributed by atoms with Crippen molar-refractivity contribution in [2.75, 3.05) is 50.9 Å². The van der Waals surface area contributed by atoms with Crippen molar-refractivity contribution in [1.29, 1.82) is 0 Å². The first kappa shape index (κ1) is 26.2. The second kappa shape index (κ2) is 12.0. The van der Waals surface area contributed by atoms with Crippen molar-refractivity contribution >= 4 is 34.3 Å². The number of hydrogen-bond donors (Lipinski definition) is 2.